The molecule has 0 atom stereocenters. The predicted octanol–water partition coefficient (Wildman–Crippen LogP) is 3.97. The van der Waals surface area contributed by atoms with Gasteiger partial charge in [-0.25, -0.2) is 4.98 Å². The predicted molar refractivity (Wildman–Crippen MR) is 126 cm³/mol. The first-order chi connectivity index (χ1) is 15.9. The summed E-state index contributed by atoms with van der Waals surface area (Å²) in [6, 6.07) is 12.5. The zero-order valence-electron chi connectivity index (χ0n) is 18.6. The summed E-state index contributed by atoms with van der Waals surface area (Å²) in [5.41, 5.74) is 3.16. The van der Waals surface area contributed by atoms with Gasteiger partial charge in [-0.2, -0.15) is 5.10 Å². The van der Waals surface area contributed by atoms with E-state index in [0.29, 0.717) is 51.9 Å². The molecular weight excluding hydrogens is 442 g/mol. The number of hydrogen-bond acceptors (Lipinski definition) is 5. The number of rotatable bonds is 7. The van der Waals surface area contributed by atoms with Crippen molar-refractivity contribution in [3.63, 3.8) is 0 Å². The van der Waals surface area contributed by atoms with Crippen LogP contribution in [0.1, 0.15) is 28.5 Å². The molecule has 8 nitrogen and oxygen atoms in total. The molecule has 0 aliphatic rings. The quantitative estimate of drug-likeness (QED) is 0.445. The minimum absolute atomic E-state index is 0.0673. The van der Waals surface area contributed by atoms with Crippen LogP contribution in [0.25, 0.3) is 22.5 Å². The summed E-state index contributed by atoms with van der Waals surface area (Å²) in [5.74, 6) is 0.0311. The molecule has 9 heteroatoms. The van der Waals surface area contributed by atoms with E-state index >= 15 is 0 Å². The number of nitrogens with zero attached hydrogens (tertiary/aromatic N) is 4. The number of carbonyl (C=O) groups excluding carboxylic acids is 2. The Balaban J connectivity index is 1.59. The van der Waals surface area contributed by atoms with Crippen molar-refractivity contribution in [3.8, 4) is 11.5 Å². The first kappa shape index (κ1) is 22.5. The lowest BCUT2D eigenvalue weighted by Gasteiger charge is -2.21. The van der Waals surface area contributed by atoms with E-state index in [1.54, 1.807) is 48.3 Å². The molecule has 0 radical (unpaired) electrons. The van der Waals surface area contributed by atoms with E-state index in [0.717, 1.165) is 5.56 Å². The smallest absolute Gasteiger partial charge is 0.255 e. The van der Waals surface area contributed by atoms with Gasteiger partial charge in [-0.15, -0.1) is 0 Å². The Hall–Kier alpha value is -3.65. The van der Waals surface area contributed by atoms with Gasteiger partial charge in [-0.1, -0.05) is 23.7 Å². The third-order valence-electron chi connectivity index (χ3n) is 5.38. The number of likely N-dealkylation sites (N-methyl/N-ethyl adjacent to an activating group) is 1. The summed E-state index contributed by atoms with van der Waals surface area (Å²) in [5, 5.41) is 8.59. The second-order valence-corrected chi connectivity index (χ2v) is 8.10. The van der Waals surface area contributed by atoms with Gasteiger partial charge >= 0.3 is 0 Å². The monoisotopic (exact) mass is 465 g/mol. The van der Waals surface area contributed by atoms with E-state index in [1.807, 2.05) is 26.0 Å². The largest absolute Gasteiger partial charge is 0.463 e. The molecule has 0 fully saturated rings. The van der Waals surface area contributed by atoms with Gasteiger partial charge in [0.1, 0.15) is 5.69 Å². The molecule has 33 heavy (non-hydrogen) atoms. The maximum atomic E-state index is 13.6. The summed E-state index contributed by atoms with van der Waals surface area (Å²) in [6.07, 6.45) is 1.56. The molecule has 3 aromatic heterocycles. The Bertz CT molecular complexity index is 1300. The van der Waals surface area contributed by atoms with Crippen molar-refractivity contribution in [2.45, 2.75) is 20.4 Å². The van der Waals surface area contributed by atoms with Crippen molar-refractivity contribution in [3.05, 3.63) is 70.6 Å². The van der Waals surface area contributed by atoms with Gasteiger partial charge in [0.05, 0.1) is 29.5 Å². The number of fused-ring (bicyclic) bond motifs is 1. The number of aryl methyl sites for hydroxylation is 2. The Labute approximate surface area is 196 Å². The van der Waals surface area contributed by atoms with Crippen molar-refractivity contribution in [2.24, 2.45) is 7.05 Å². The molecule has 2 amide bonds. The zero-order chi connectivity index (χ0) is 23.5. The van der Waals surface area contributed by atoms with Gasteiger partial charge in [-0.05, 0) is 49.7 Å². The Morgan fingerprint density at radius 2 is 1.97 bits per heavy atom. The van der Waals surface area contributed by atoms with Crippen molar-refractivity contribution >= 4 is 34.4 Å². The van der Waals surface area contributed by atoms with Crippen molar-refractivity contribution in [2.75, 3.05) is 13.1 Å². The zero-order valence-corrected chi connectivity index (χ0v) is 19.4. The maximum absolute atomic E-state index is 13.6. The molecule has 3 heterocycles. The molecule has 0 aliphatic heterocycles. The van der Waals surface area contributed by atoms with Crippen LogP contribution in [0.4, 0.5) is 0 Å². The van der Waals surface area contributed by atoms with E-state index in [9.17, 15) is 9.59 Å². The van der Waals surface area contributed by atoms with Gasteiger partial charge < -0.3 is 14.6 Å². The molecule has 1 aromatic carbocycles. The fraction of sp³-hybridized carbons (Fsp3) is 0.250. The Kier molecular flexibility index (Phi) is 6.46. The lowest BCUT2D eigenvalue weighted by Crippen LogP contribution is -2.40. The molecule has 0 unspecified atom stereocenters. The van der Waals surface area contributed by atoms with Crippen LogP contribution >= 0.6 is 11.6 Å². The second kappa shape index (κ2) is 9.46. The minimum atomic E-state index is -0.268. The van der Waals surface area contributed by atoms with E-state index in [-0.39, 0.29) is 18.4 Å². The Morgan fingerprint density at radius 3 is 2.64 bits per heavy atom. The SMILES string of the molecule is CCN(CC(=O)NCc1ccc(Cl)cc1)C(=O)c1cc(-c2ccco2)nc2c1c(C)nn2C. The second-order valence-electron chi connectivity index (χ2n) is 7.66. The number of halogens is 1. The number of nitrogens with one attached hydrogen (secondary N) is 1. The average Bonchev–Trinajstić information content (AvgIpc) is 3.44. The lowest BCUT2D eigenvalue weighted by molar-refractivity contribution is -0.121. The minimum Gasteiger partial charge on any atom is -0.463 e. The van der Waals surface area contributed by atoms with Gasteiger partial charge in [0.25, 0.3) is 5.91 Å². The van der Waals surface area contributed by atoms with Crippen molar-refractivity contribution < 1.29 is 14.0 Å². The molecule has 4 rings (SSSR count). The fourth-order valence-corrected chi connectivity index (χ4v) is 3.82. The molecular formula is C24H24ClN5O3. The third kappa shape index (κ3) is 4.75. The topological polar surface area (TPSA) is 93.3 Å². The summed E-state index contributed by atoms with van der Waals surface area (Å²) >= 11 is 5.91. The molecule has 0 aliphatic carbocycles. The van der Waals surface area contributed by atoms with Crippen molar-refractivity contribution in [1.29, 1.82) is 0 Å². The highest BCUT2D eigenvalue weighted by molar-refractivity contribution is 6.30. The molecule has 0 spiro atoms. The summed E-state index contributed by atoms with van der Waals surface area (Å²) in [7, 11) is 1.78. The van der Waals surface area contributed by atoms with Crippen LogP contribution in [0.5, 0.6) is 0 Å². The van der Waals surface area contributed by atoms with Gasteiger partial charge in [-0.3, -0.25) is 14.3 Å². The molecule has 1 N–H and O–H groups in total. The fourth-order valence-electron chi connectivity index (χ4n) is 3.69. The standard InChI is InChI=1S/C24H24ClN5O3/c1-4-30(14-21(31)26-13-16-7-9-17(25)10-8-16)24(32)18-12-19(20-6-5-11-33-20)27-23-22(18)15(2)28-29(23)3/h5-12H,4,13-14H2,1-3H3,(H,26,31). The van der Waals surface area contributed by atoms with E-state index in [4.69, 9.17) is 16.0 Å². The highest BCUT2D eigenvalue weighted by Crippen LogP contribution is 2.28. The van der Waals surface area contributed by atoms with E-state index in [1.165, 1.54) is 4.90 Å². The number of aromatic nitrogens is 3. The Morgan fingerprint density at radius 1 is 1.21 bits per heavy atom. The first-order valence-electron chi connectivity index (χ1n) is 10.6. The normalized spacial score (nSPS) is 11.0. The molecule has 4 aromatic rings. The number of carbonyl (C=O) groups is 2. The maximum Gasteiger partial charge on any atom is 0.255 e. The number of amides is 2. The van der Waals surface area contributed by atoms with Gasteiger partial charge in [0, 0.05) is 25.2 Å². The van der Waals surface area contributed by atoms with E-state index in [2.05, 4.69) is 15.4 Å². The molecule has 0 bridgehead atoms. The van der Waals surface area contributed by atoms with Gasteiger partial charge in [0.15, 0.2) is 11.4 Å². The van der Waals surface area contributed by atoms with Crippen LogP contribution in [0.2, 0.25) is 5.02 Å². The first-order valence-corrected chi connectivity index (χ1v) is 10.9. The van der Waals surface area contributed by atoms with E-state index < -0.39 is 0 Å². The highest BCUT2D eigenvalue weighted by atomic mass is 35.5. The summed E-state index contributed by atoms with van der Waals surface area (Å²) in [4.78, 5) is 32.3. The summed E-state index contributed by atoms with van der Waals surface area (Å²) < 4.78 is 7.14. The molecule has 0 saturated heterocycles. The number of benzene rings is 1. The van der Waals surface area contributed by atoms with Crippen molar-refractivity contribution in [1.82, 2.24) is 25.0 Å². The van der Waals surface area contributed by atoms with Crippen LogP contribution in [0.15, 0.2) is 53.1 Å². The lowest BCUT2D eigenvalue weighted by atomic mass is 10.1. The molecule has 0 saturated carbocycles. The number of furan rings is 1. The third-order valence-corrected chi connectivity index (χ3v) is 5.63. The van der Waals surface area contributed by atoms with Crippen LogP contribution in [0.3, 0.4) is 0 Å². The van der Waals surface area contributed by atoms with Gasteiger partial charge in [0.2, 0.25) is 5.91 Å². The average molecular weight is 466 g/mol. The van der Waals surface area contributed by atoms with Crippen LogP contribution in [-0.4, -0.2) is 44.6 Å². The molecule has 170 valence electrons. The highest BCUT2D eigenvalue weighted by Gasteiger charge is 2.24. The van der Waals surface area contributed by atoms with Crippen LogP contribution < -0.4 is 5.32 Å². The number of pyridine rings is 1. The summed E-state index contributed by atoms with van der Waals surface area (Å²) in [6.45, 7) is 4.33. The van der Waals surface area contributed by atoms with Crippen LogP contribution in [0, 0.1) is 6.92 Å². The number of hydrogen-bond donors (Lipinski definition) is 1. The van der Waals surface area contributed by atoms with Crippen LogP contribution in [-0.2, 0) is 18.4 Å².